The highest BCUT2D eigenvalue weighted by atomic mass is 32.1. The van der Waals surface area contributed by atoms with E-state index in [1.165, 1.54) is 23.3 Å². The summed E-state index contributed by atoms with van der Waals surface area (Å²) >= 11 is 1.75. The highest BCUT2D eigenvalue weighted by Crippen LogP contribution is 2.39. The minimum atomic E-state index is -0.114. The molecule has 0 radical (unpaired) electrons. The van der Waals surface area contributed by atoms with Gasteiger partial charge in [0.05, 0.1) is 24.8 Å². The lowest BCUT2D eigenvalue weighted by Gasteiger charge is -2.19. The molecular weight excluding hydrogens is 402 g/mol. The van der Waals surface area contributed by atoms with Crippen LogP contribution in [0.5, 0.6) is 11.5 Å². The first-order chi connectivity index (χ1) is 14.7. The molecule has 2 aliphatic rings. The normalized spacial score (nSPS) is 18.5. The number of nitrogens with zero attached hydrogens (tertiary/aromatic N) is 3. The van der Waals surface area contributed by atoms with Crippen molar-refractivity contribution < 1.29 is 18.8 Å². The molecule has 1 atom stereocenters. The fraction of sp³-hybridized carbons (Fsp3) is 0.409. The number of hydrogen-bond acceptors (Lipinski definition) is 7. The summed E-state index contributed by atoms with van der Waals surface area (Å²) in [5, 5.41) is 4.20. The molecule has 1 aromatic carbocycles. The summed E-state index contributed by atoms with van der Waals surface area (Å²) in [7, 11) is 3.19. The molecule has 8 heteroatoms. The molecule has 1 aliphatic carbocycles. The molecule has 2 aromatic heterocycles. The van der Waals surface area contributed by atoms with Crippen LogP contribution in [0.3, 0.4) is 0 Å². The number of amides is 1. The standard InChI is InChI=1S/C22H23N3O4S/c1-27-15-7-8-16(17(11-15)28-2)25-12-14(10-20(25)26)21-23-22(29-24-21)19-9-13-5-3-4-6-18(13)30-19/h7-9,11,14H,3-6,10,12H2,1-2H3. The first-order valence-electron chi connectivity index (χ1n) is 10.1. The van der Waals surface area contributed by atoms with Crippen LogP contribution in [0.25, 0.3) is 10.8 Å². The lowest BCUT2D eigenvalue weighted by Crippen LogP contribution is -2.24. The van der Waals surface area contributed by atoms with E-state index in [0.29, 0.717) is 36.2 Å². The Kier molecular flexibility index (Phi) is 4.94. The second-order valence-corrected chi connectivity index (χ2v) is 8.80. The van der Waals surface area contributed by atoms with Crippen molar-refractivity contribution in [3.8, 4) is 22.3 Å². The van der Waals surface area contributed by atoms with Crippen LogP contribution < -0.4 is 14.4 Å². The van der Waals surface area contributed by atoms with Crippen molar-refractivity contribution in [2.24, 2.45) is 0 Å². The number of carbonyl (C=O) groups excluding carboxylic acids is 1. The summed E-state index contributed by atoms with van der Waals surface area (Å²) in [6.07, 6.45) is 5.10. The van der Waals surface area contributed by atoms with Gasteiger partial charge < -0.3 is 18.9 Å². The summed E-state index contributed by atoms with van der Waals surface area (Å²) in [4.78, 5) is 21.6. The Morgan fingerprint density at radius 2 is 2.03 bits per heavy atom. The molecule has 156 valence electrons. The van der Waals surface area contributed by atoms with Crippen LogP contribution in [0.1, 0.15) is 41.4 Å². The van der Waals surface area contributed by atoms with E-state index in [0.717, 1.165) is 23.4 Å². The number of benzene rings is 1. The number of methoxy groups -OCH3 is 2. The zero-order valence-corrected chi connectivity index (χ0v) is 17.8. The van der Waals surface area contributed by atoms with Crippen molar-refractivity contribution in [2.45, 2.75) is 38.0 Å². The lowest BCUT2D eigenvalue weighted by molar-refractivity contribution is -0.117. The van der Waals surface area contributed by atoms with Crippen molar-refractivity contribution in [3.63, 3.8) is 0 Å². The Labute approximate surface area is 178 Å². The number of carbonyl (C=O) groups is 1. The maximum absolute atomic E-state index is 12.7. The van der Waals surface area contributed by atoms with Gasteiger partial charge in [-0.1, -0.05) is 5.16 Å². The van der Waals surface area contributed by atoms with Crippen molar-refractivity contribution >= 4 is 22.9 Å². The largest absolute Gasteiger partial charge is 0.497 e. The van der Waals surface area contributed by atoms with Crippen molar-refractivity contribution in [3.05, 3.63) is 40.5 Å². The van der Waals surface area contributed by atoms with Crippen molar-refractivity contribution in [1.29, 1.82) is 0 Å². The Bertz CT molecular complexity index is 1070. The number of fused-ring (bicyclic) bond motifs is 1. The van der Waals surface area contributed by atoms with Gasteiger partial charge in [0.1, 0.15) is 11.5 Å². The van der Waals surface area contributed by atoms with Crippen LogP contribution in [-0.4, -0.2) is 36.8 Å². The average molecular weight is 426 g/mol. The zero-order chi connectivity index (χ0) is 20.7. The van der Waals surface area contributed by atoms with Crippen molar-refractivity contribution in [2.75, 3.05) is 25.7 Å². The molecule has 3 aromatic rings. The molecule has 1 saturated heterocycles. The van der Waals surface area contributed by atoms with Crippen LogP contribution in [0.4, 0.5) is 5.69 Å². The third-order valence-corrected chi connectivity index (χ3v) is 7.04. The fourth-order valence-corrected chi connectivity index (χ4v) is 5.39. The molecular formula is C22H23N3O4S. The number of thiophene rings is 1. The minimum Gasteiger partial charge on any atom is -0.497 e. The summed E-state index contributed by atoms with van der Waals surface area (Å²) < 4.78 is 16.3. The van der Waals surface area contributed by atoms with Gasteiger partial charge in [-0.3, -0.25) is 4.79 Å². The van der Waals surface area contributed by atoms with E-state index in [1.54, 1.807) is 36.5 Å². The molecule has 1 amide bonds. The first-order valence-corrected chi connectivity index (χ1v) is 11.0. The number of aryl methyl sites for hydroxylation is 2. The van der Waals surface area contributed by atoms with Gasteiger partial charge in [0.2, 0.25) is 5.91 Å². The number of ether oxygens (including phenoxy) is 2. The first kappa shape index (κ1) is 19.1. The van der Waals surface area contributed by atoms with Crippen LogP contribution in [0.15, 0.2) is 28.8 Å². The molecule has 0 bridgehead atoms. The predicted molar refractivity (Wildman–Crippen MR) is 114 cm³/mol. The summed E-state index contributed by atoms with van der Waals surface area (Å²) in [6.45, 7) is 0.488. The van der Waals surface area contributed by atoms with E-state index in [1.807, 2.05) is 12.1 Å². The van der Waals surface area contributed by atoms with Crippen LogP contribution >= 0.6 is 11.3 Å². The van der Waals surface area contributed by atoms with Gasteiger partial charge in [-0.05, 0) is 49.4 Å². The van der Waals surface area contributed by atoms with Gasteiger partial charge in [-0.25, -0.2) is 0 Å². The summed E-state index contributed by atoms with van der Waals surface area (Å²) in [5.74, 6) is 2.32. The molecule has 5 rings (SSSR count). The van der Waals surface area contributed by atoms with E-state index < -0.39 is 0 Å². The van der Waals surface area contributed by atoms with E-state index in [4.69, 9.17) is 14.0 Å². The van der Waals surface area contributed by atoms with Gasteiger partial charge in [-0.2, -0.15) is 4.98 Å². The van der Waals surface area contributed by atoms with Crippen LogP contribution in [0.2, 0.25) is 0 Å². The number of rotatable bonds is 5. The average Bonchev–Trinajstić information content (AvgIpc) is 3.50. The molecule has 7 nitrogen and oxygen atoms in total. The van der Waals surface area contributed by atoms with Crippen molar-refractivity contribution in [1.82, 2.24) is 10.1 Å². The van der Waals surface area contributed by atoms with Gasteiger partial charge in [0.15, 0.2) is 5.82 Å². The second kappa shape index (κ2) is 7.75. The summed E-state index contributed by atoms with van der Waals surface area (Å²) in [5.41, 5.74) is 2.13. The highest BCUT2D eigenvalue weighted by molar-refractivity contribution is 7.15. The Balaban J connectivity index is 1.37. The van der Waals surface area contributed by atoms with Gasteiger partial charge >= 0.3 is 0 Å². The molecule has 3 heterocycles. The fourth-order valence-electron chi connectivity index (χ4n) is 4.22. The van der Waals surface area contributed by atoms with Crippen LogP contribution in [-0.2, 0) is 17.6 Å². The zero-order valence-electron chi connectivity index (χ0n) is 17.0. The predicted octanol–water partition coefficient (Wildman–Crippen LogP) is 4.21. The third kappa shape index (κ3) is 3.35. The molecule has 0 spiro atoms. The maximum atomic E-state index is 12.7. The second-order valence-electron chi connectivity index (χ2n) is 7.67. The highest BCUT2D eigenvalue weighted by Gasteiger charge is 2.36. The monoisotopic (exact) mass is 425 g/mol. The smallest absolute Gasteiger partial charge is 0.268 e. The Morgan fingerprint density at radius 3 is 2.83 bits per heavy atom. The Hall–Kier alpha value is -2.87. The van der Waals surface area contributed by atoms with Gasteiger partial charge in [0.25, 0.3) is 5.89 Å². The van der Waals surface area contributed by atoms with E-state index in [-0.39, 0.29) is 11.8 Å². The van der Waals surface area contributed by atoms with E-state index in [2.05, 4.69) is 16.2 Å². The molecule has 30 heavy (non-hydrogen) atoms. The molecule has 0 saturated carbocycles. The van der Waals surface area contributed by atoms with E-state index in [9.17, 15) is 4.79 Å². The van der Waals surface area contributed by atoms with E-state index >= 15 is 0 Å². The summed E-state index contributed by atoms with van der Waals surface area (Å²) in [6, 6.07) is 7.63. The topological polar surface area (TPSA) is 77.7 Å². The molecule has 1 aliphatic heterocycles. The molecule has 1 fully saturated rings. The lowest BCUT2D eigenvalue weighted by atomic mass is 9.99. The minimum absolute atomic E-state index is 0.0152. The number of aromatic nitrogens is 2. The molecule has 0 N–H and O–H groups in total. The molecule has 1 unspecified atom stereocenters. The quantitative estimate of drug-likeness (QED) is 0.609. The van der Waals surface area contributed by atoms with Gasteiger partial charge in [0, 0.05) is 29.8 Å². The maximum Gasteiger partial charge on any atom is 0.268 e. The number of hydrogen-bond donors (Lipinski definition) is 0. The third-order valence-electron chi connectivity index (χ3n) is 5.82. The SMILES string of the molecule is COc1ccc(N2CC(c3noc(-c4cc5c(s4)CCCC5)n3)CC2=O)c(OC)c1. The number of anilines is 1. The van der Waals surface area contributed by atoms with Crippen LogP contribution in [0, 0.1) is 0 Å². The van der Waals surface area contributed by atoms with Gasteiger partial charge in [-0.15, -0.1) is 11.3 Å². The Morgan fingerprint density at radius 1 is 1.17 bits per heavy atom.